The van der Waals surface area contributed by atoms with Crippen molar-refractivity contribution in [2.75, 3.05) is 13.7 Å². The Kier molecular flexibility index (Phi) is 5.62. The monoisotopic (exact) mass is 268 g/mol. The first-order valence-corrected chi connectivity index (χ1v) is 5.57. The van der Waals surface area contributed by atoms with Crippen LogP contribution in [0.3, 0.4) is 0 Å². The number of benzene rings is 1. The van der Waals surface area contributed by atoms with E-state index in [-0.39, 0.29) is 6.54 Å². The molecule has 1 unspecified atom stereocenters. The van der Waals surface area contributed by atoms with Crippen LogP contribution in [0.2, 0.25) is 0 Å². The van der Waals surface area contributed by atoms with Gasteiger partial charge in [-0.3, -0.25) is 0 Å². The molecule has 0 heterocycles. The lowest BCUT2D eigenvalue weighted by molar-refractivity contribution is -0.140. The molecule has 0 bridgehead atoms. The lowest BCUT2D eigenvalue weighted by Gasteiger charge is -2.12. The maximum Gasteiger partial charge on any atom is 0.328 e. The molecule has 0 fully saturated rings. The average molecular weight is 268 g/mol. The van der Waals surface area contributed by atoms with Crippen molar-refractivity contribution >= 4 is 12.0 Å². The van der Waals surface area contributed by atoms with Crippen LogP contribution in [0.4, 0.5) is 4.79 Å². The van der Waals surface area contributed by atoms with Gasteiger partial charge in [0, 0.05) is 6.54 Å². The van der Waals surface area contributed by atoms with Crippen LogP contribution in [0, 0.1) is 0 Å². The molecule has 4 N–H and O–H groups in total. The number of carboxylic acids is 1. The van der Waals surface area contributed by atoms with Crippen molar-refractivity contribution in [2.24, 2.45) is 0 Å². The van der Waals surface area contributed by atoms with E-state index in [0.717, 1.165) is 5.56 Å². The zero-order valence-electron chi connectivity index (χ0n) is 10.4. The summed E-state index contributed by atoms with van der Waals surface area (Å²) in [5, 5.41) is 22.0. The maximum atomic E-state index is 11.4. The Balaban J connectivity index is 2.42. The van der Waals surface area contributed by atoms with Crippen LogP contribution in [-0.2, 0) is 11.3 Å². The first kappa shape index (κ1) is 14.8. The Morgan fingerprint density at radius 1 is 1.32 bits per heavy atom. The molecule has 0 saturated carbocycles. The Morgan fingerprint density at radius 2 is 1.95 bits per heavy atom. The standard InChI is InChI=1S/C12H16N2O5/c1-19-9-4-2-8(3-5-9)6-13-12(18)14-10(7-15)11(16)17/h2-5,10,15H,6-7H2,1H3,(H,16,17)(H2,13,14,18). The summed E-state index contributed by atoms with van der Waals surface area (Å²) in [6.07, 6.45) is 0. The normalized spacial score (nSPS) is 11.5. The summed E-state index contributed by atoms with van der Waals surface area (Å²) >= 11 is 0. The van der Waals surface area contributed by atoms with E-state index >= 15 is 0 Å². The number of aliphatic hydroxyl groups excluding tert-OH is 1. The number of carboxylic acid groups (broad SMARTS) is 1. The van der Waals surface area contributed by atoms with Crippen molar-refractivity contribution < 1.29 is 24.5 Å². The Labute approximate surface area is 110 Å². The summed E-state index contributed by atoms with van der Waals surface area (Å²) in [6, 6.07) is 5.10. The van der Waals surface area contributed by atoms with Gasteiger partial charge in [-0.15, -0.1) is 0 Å². The van der Waals surface area contributed by atoms with Gasteiger partial charge in [0.15, 0.2) is 6.04 Å². The second kappa shape index (κ2) is 7.22. The van der Waals surface area contributed by atoms with Gasteiger partial charge in [-0.05, 0) is 17.7 Å². The minimum absolute atomic E-state index is 0.244. The van der Waals surface area contributed by atoms with Crippen LogP contribution >= 0.6 is 0 Å². The fraction of sp³-hybridized carbons (Fsp3) is 0.333. The number of ether oxygens (including phenoxy) is 1. The number of carbonyl (C=O) groups is 2. The molecule has 0 aliphatic heterocycles. The summed E-state index contributed by atoms with van der Waals surface area (Å²) in [7, 11) is 1.56. The minimum atomic E-state index is -1.31. The Morgan fingerprint density at radius 3 is 2.42 bits per heavy atom. The first-order valence-electron chi connectivity index (χ1n) is 5.57. The molecule has 0 aromatic heterocycles. The van der Waals surface area contributed by atoms with Gasteiger partial charge < -0.3 is 25.6 Å². The highest BCUT2D eigenvalue weighted by Gasteiger charge is 2.18. The minimum Gasteiger partial charge on any atom is -0.497 e. The van der Waals surface area contributed by atoms with Crippen molar-refractivity contribution in [3.8, 4) is 5.75 Å². The van der Waals surface area contributed by atoms with Crippen LogP contribution in [0.25, 0.3) is 0 Å². The van der Waals surface area contributed by atoms with Gasteiger partial charge in [-0.2, -0.15) is 0 Å². The number of nitrogens with one attached hydrogen (secondary N) is 2. The van der Waals surface area contributed by atoms with Gasteiger partial charge >= 0.3 is 12.0 Å². The average Bonchev–Trinajstić information content (AvgIpc) is 2.42. The van der Waals surface area contributed by atoms with Gasteiger partial charge in [0.2, 0.25) is 0 Å². The molecule has 1 aromatic rings. The quantitative estimate of drug-likeness (QED) is 0.578. The fourth-order valence-corrected chi connectivity index (χ4v) is 1.32. The molecule has 7 nitrogen and oxygen atoms in total. The molecule has 1 aromatic carbocycles. The number of aliphatic carboxylic acids is 1. The van der Waals surface area contributed by atoms with E-state index in [9.17, 15) is 9.59 Å². The SMILES string of the molecule is COc1ccc(CNC(=O)NC(CO)C(=O)O)cc1. The number of urea groups is 1. The largest absolute Gasteiger partial charge is 0.497 e. The van der Waals surface area contributed by atoms with Crippen LogP contribution in [0.15, 0.2) is 24.3 Å². The van der Waals surface area contributed by atoms with Crippen LogP contribution in [0.1, 0.15) is 5.56 Å². The molecule has 0 spiro atoms. The molecule has 7 heteroatoms. The molecular weight excluding hydrogens is 252 g/mol. The van der Waals surface area contributed by atoms with Crippen molar-refractivity contribution in [3.05, 3.63) is 29.8 Å². The third-order valence-electron chi connectivity index (χ3n) is 2.40. The molecular formula is C12H16N2O5. The zero-order valence-corrected chi connectivity index (χ0v) is 10.4. The van der Waals surface area contributed by atoms with E-state index in [2.05, 4.69) is 10.6 Å². The fourth-order valence-electron chi connectivity index (χ4n) is 1.32. The summed E-state index contributed by atoms with van der Waals surface area (Å²) in [5.41, 5.74) is 0.840. The number of carbonyl (C=O) groups excluding carboxylic acids is 1. The molecule has 0 saturated heterocycles. The summed E-state index contributed by atoms with van der Waals surface area (Å²) in [6.45, 7) is -0.418. The molecule has 0 aliphatic carbocycles. The van der Waals surface area contributed by atoms with E-state index in [1.165, 1.54) is 0 Å². The van der Waals surface area contributed by atoms with Crippen LogP contribution in [0.5, 0.6) is 5.75 Å². The molecule has 19 heavy (non-hydrogen) atoms. The third-order valence-corrected chi connectivity index (χ3v) is 2.40. The predicted octanol–water partition coefficient (Wildman–Crippen LogP) is -0.0601. The van der Waals surface area contributed by atoms with Gasteiger partial charge in [0.05, 0.1) is 13.7 Å². The second-order valence-electron chi connectivity index (χ2n) is 3.75. The number of hydrogen-bond acceptors (Lipinski definition) is 4. The van der Waals surface area contributed by atoms with E-state index in [1.807, 2.05) is 0 Å². The highest BCUT2D eigenvalue weighted by molar-refractivity contribution is 5.82. The number of hydrogen-bond donors (Lipinski definition) is 4. The van der Waals surface area contributed by atoms with Crippen molar-refractivity contribution in [1.29, 1.82) is 0 Å². The predicted molar refractivity (Wildman–Crippen MR) is 66.9 cm³/mol. The molecule has 104 valence electrons. The number of methoxy groups -OCH3 is 1. The summed E-state index contributed by atoms with van der Waals surface area (Å²) < 4.78 is 5.00. The highest BCUT2D eigenvalue weighted by Crippen LogP contribution is 2.10. The maximum absolute atomic E-state index is 11.4. The van der Waals surface area contributed by atoms with Gasteiger partial charge in [0.1, 0.15) is 5.75 Å². The molecule has 0 radical (unpaired) electrons. The Bertz CT molecular complexity index is 432. The Hall–Kier alpha value is -2.28. The zero-order chi connectivity index (χ0) is 14.3. The number of aliphatic hydroxyl groups is 1. The van der Waals surface area contributed by atoms with Crippen LogP contribution in [-0.4, -0.2) is 42.0 Å². The topological polar surface area (TPSA) is 108 Å². The van der Waals surface area contributed by atoms with Gasteiger partial charge in [0.25, 0.3) is 0 Å². The van der Waals surface area contributed by atoms with Crippen molar-refractivity contribution in [3.63, 3.8) is 0 Å². The smallest absolute Gasteiger partial charge is 0.328 e. The lowest BCUT2D eigenvalue weighted by atomic mass is 10.2. The molecule has 1 rings (SSSR count). The summed E-state index contributed by atoms with van der Waals surface area (Å²) in [5.74, 6) is -0.582. The molecule has 1 atom stereocenters. The molecule has 0 aliphatic rings. The van der Waals surface area contributed by atoms with Crippen molar-refractivity contribution in [1.82, 2.24) is 10.6 Å². The van der Waals surface area contributed by atoms with Gasteiger partial charge in [-0.25, -0.2) is 9.59 Å². The highest BCUT2D eigenvalue weighted by atomic mass is 16.5. The number of amides is 2. The van der Waals surface area contributed by atoms with E-state index in [0.29, 0.717) is 5.75 Å². The van der Waals surface area contributed by atoms with E-state index in [4.69, 9.17) is 14.9 Å². The van der Waals surface area contributed by atoms with E-state index in [1.54, 1.807) is 31.4 Å². The third kappa shape index (κ3) is 4.84. The molecule has 2 amide bonds. The van der Waals surface area contributed by atoms with Gasteiger partial charge in [-0.1, -0.05) is 12.1 Å². The first-order chi connectivity index (χ1) is 9.06. The van der Waals surface area contributed by atoms with Crippen molar-refractivity contribution in [2.45, 2.75) is 12.6 Å². The van der Waals surface area contributed by atoms with E-state index < -0.39 is 24.6 Å². The summed E-state index contributed by atoms with van der Waals surface area (Å²) in [4.78, 5) is 22.0. The van der Waals surface area contributed by atoms with Crippen LogP contribution < -0.4 is 15.4 Å². The lowest BCUT2D eigenvalue weighted by Crippen LogP contribution is -2.47. The second-order valence-corrected chi connectivity index (χ2v) is 3.75. The number of rotatable bonds is 6.